The number of aryl methyl sites for hydroxylation is 1. The zero-order valence-electron chi connectivity index (χ0n) is 11.9. The van der Waals surface area contributed by atoms with Crippen molar-refractivity contribution in [2.45, 2.75) is 30.0 Å². The highest BCUT2D eigenvalue weighted by Gasteiger charge is 2.09. The molecule has 0 atom stereocenters. The van der Waals surface area contributed by atoms with Crippen LogP contribution in [0.15, 0.2) is 37.8 Å². The van der Waals surface area contributed by atoms with Gasteiger partial charge in [0, 0.05) is 11.9 Å². The third-order valence-corrected chi connectivity index (χ3v) is 3.54. The third-order valence-electron chi connectivity index (χ3n) is 2.50. The number of nitrogens with zero attached hydrogens (tertiary/aromatic N) is 2. The summed E-state index contributed by atoms with van der Waals surface area (Å²) in [5.74, 6) is 0.574. The van der Waals surface area contributed by atoms with E-state index in [1.807, 2.05) is 13.8 Å². The number of aromatic nitrogens is 3. The topological polar surface area (TPSA) is 103 Å². The fourth-order valence-corrected chi connectivity index (χ4v) is 2.42. The van der Waals surface area contributed by atoms with Gasteiger partial charge in [0.05, 0.1) is 11.8 Å². The number of aromatic amines is 1. The predicted octanol–water partition coefficient (Wildman–Crippen LogP) is 0.989. The number of anilines is 1. The molecule has 2 aromatic rings. The minimum atomic E-state index is -0.815. The molecule has 2 rings (SSSR count). The maximum Gasteiger partial charge on any atom is 0.339 e. The number of benzene rings is 1. The lowest BCUT2D eigenvalue weighted by atomic mass is 10.3. The molecule has 112 valence electrons. The molecule has 0 aliphatic carbocycles. The van der Waals surface area contributed by atoms with Gasteiger partial charge < -0.3 is 10.5 Å². The predicted molar refractivity (Wildman–Crippen MR) is 80.8 cm³/mol. The summed E-state index contributed by atoms with van der Waals surface area (Å²) in [5, 5.41) is 2.77. The smallest absolute Gasteiger partial charge is 0.339 e. The summed E-state index contributed by atoms with van der Waals surface area (Å²) < 4.78 is 7.01. The lowest BCUT2D eigenvalue weighted by Crippen LogP contribution is -2.33. The molecule has 0 fully saturated rings. The van der Waals surface area contributed by atoms with Gasteiger partial charge in [-0.2, -0.15) is 4.98 Å². The molecule has 0 bridgehead atoms. The van der Waals surface area contributed by atoms with Crippen LogP contribution in [-0.4, -0.2) is 20.9 Å². The normalized spacial score (nSPS) is 10.9. The van der Waals surface area contributed by atoms with Gasteiger partial charge in [-0.1, -0.05) is 0 Å². The highest BCUT2D eigenvalue weighted by molar-refractivity contribution is 7.99. The summed E-state index contributed by atoms with van der Waals surface area (Å²) in [6, 6.07) is 5.30. The highest BCUT2D eigenvalue weighted by Crippen LogP contribution is 2.31. The van der Waals surface area contributed by atoms with Crippen LogP contribution in [0, 0.1) is 0 Å². The molecule has 0 amide bonds. The van der Waals surface area contributed by atoms with E-state index >= 15 is 0 Å². The molecule has 0 saturated heterocycles. The second-order valence-corrected chi connectivity index (χ2v) is 5.71. The van der Waals surface area contributed by atoms with Crippen LogP contribution >= 0.6 is 11.8 Å². The minimum Gasteiger partial charge on any atom is -0.489 e. The van der Waals surface area contributed by atoms with Crippen molar-refractivity contribution >= 4 is 17.4 Å². The molecule has 1 aromatic heterocycles. The molecule has 0 aliphatic rings. The van der Waals surface area contributed by atoms with E-state index in [4.69, 9.17) is 10.5 Å². The Labute approximate surface area is 125 Å². The molecule has 21 heavy (non-hydrogen) atoms. The molecule has 0 radical (unpaired) electrons. The van der Waals surface area contributed by atoms with Crippen molar-refractivity contribution in [1.29, 1.82) is 0 Å². The Morgan fingerprint density at radius 1 is 1.38 bits per heavy atom. The number of rotatable bonds is 4. The van der Waals surface area contributed by atoms with Gasteiger partial charge in [-0.15, -0.1) is 0 Å². The molecular formula is C13H16N4O3S. The molecule has 7 nitrogen and oxygen atoms in total. The van der Waals surface area contributed by atoms with E-state index in [1.165, 1.54) is 16.4 Å². The van der Waals surface area contributed by atoms with Crippen molar-refractivity contribution in [3.05, 3.63) is 38.9 Å². The summed E-state index contributed by atoms with van der Waals surface area (Å²) in [6.07, 6.45) is 0.00288. The molecule has 3 N–H and O–H groups in total. The standard InChI is InChI=1S/C13H16N4O3S/c1-7(2)20-10-6-8(4-5-9(10)14)21-13-15-11(18)12(19)16-17(13)3/h4-7H,14H2,1-3H3,(H,16,19). The molecule has 8 heteroatoms. The first-order chi connectivity index (χ1) is 9.86. The van der Waals surface area contributed by atoms with Crippen molar-refractivity contribution in [3.63, 3.8) is 0 Å². The average Bonchev–Trinajstić information content (AvgIpc) is 2.39. The van der Waals surface area contributed by atoms with Crippen LogP contribution in [-0.2, 0) is 7.05 Å². The Morgan fingerprint density at radius 3 is 2.76 bits per heavy atom. The number of nitrogen functional groups attached to an aromatic ring is 1. The van der Waals surface area contributed by atoms with E-state index in [0.29, 0.717) is 16.6 Å². The quantitative estimate of drug-likeness (QED) is 0.645. The molecule has 0 unspecified atom stereocenters. The van der Waals surface area contributed by atoms with Crippen LogP contribution in [0.2, 0.25) is 0 Å². The Morgan fingerprint density at radius 2 is 2.10 bits per heavy atom. The first-order valence-corrected chi connectivity index (χ1v) is 7.10. The maximum absolute atomic E-state index is 11.3. The van der Waals surface area contributed by atoms with Crippen molar-refractivity contribution in [2.75, 3.05) is 5.73 Å². The van der Waals surface area contributed by atoms with E-state index in [9.17, 15) is 9.59 Å². The van der Waals surface area contributed by atoms with Gasteiger partial charge in [0.2, 0.25) is 0 Å². The van der Waals surface area contributed by atoms with Crippen LogP contribution in [0.1, 0.15) is 13.8 Å². The van der Waals surface area contributed by atoms with Crippen LogP contribution < -0.4 is 21.6 Å². The SMILES string of the molecule is CC(C)Oc1cc(Sc2nc(=O)c(=O)[nH]n2C)ccc1N. The number of ether oxygens (including phenoxy) is 1. The summed E-state index contributed by atoms with van der Waals surface area (Å²) in [5.41, 5.74) is 4.83. The summed E-state index contributed by atoms with van der Waals surface area (Å²) >= 11 is 1.23. The maximum atomic E-state index is 11.3. The zero-order chi connectivity index (χ0) is 15.6. The fraction of sp³-hybridized carbons (Fsp3) is 0.308. The summed E-state index contributed by atoms with van der Waals surface area (Å²) in [4.78, 5) is 27.0. The summed E-state index contributed by atoms with van der Waals surface area (Å²) in [6.45, 7) is 3.82. The lowest BCUT2D eigenvalue weighted by molar-refractivity contribution is 0.243. The van der Waals surface area contributed by atoms with E-state index in [-0.39, 0.29) is 6.10 Å². The Balaban J connectivity index is 2.34. The van der Waals surface area contributed by atoms with Gasteiger partial charge in [-0.3, -0.25) is 19.4 Å². The molecule has 0 saturated carbocycles. The fourth-order valence-electron chi connectivity index (χ4n) is 1.59. The highest BCUT2D eigenvalue weighted by atomic mass is 32.2. The van der Waals surface area contributed by atoms with Gasteiger partial charge in [-0.05, 0) is 43.8 Å². The van der Waals surface area contributed by atoms with E-state index in [0.717, 1.165) is 4.90 Å². The third kappa shape index (κ3) is 3.66. The van der Waals surface area contributed by atoms with E-state index in [2.05, 4.69) is 10.1 Å². The van der Waals surface area contributed by atoms with Crippen LogP contribution in [0.5, 0.6) is 5.75 Å². The number of H-pyrrole nitrogens is 1. The Bertz CT molecular complexity index is 767. The minimum absolute atomic E-state index is 0.00288. The monoisotopic (exact) mass is 308 g/mol. The van der Waals surface area contributed by atoms with Gasteiger partial charge in [0.15, 0.2) is 5.16 Å². The average molecular weight is 308 g/mol. The van der Waals surface area contributed by atoms with Crippen molar-refractivity contribution in [1.82, 2.24) is 14.8 Å². The number of hydrogen-bond donors (Lipinski definition) is 2. The summed E-state index contributed by atoms with van der Waals surface area (Å²) in [7, 11) is 1.61. The van der Waals surface area contributed by atoms with E-state index < -0.39 is 11.1 Å². The molecule has 1 heterocycles. The second-order valence-electron chi connectivity index (χ2n) is 4.67. The van der Waals surface area contributed by atoms with Crippen LogP contribution in [0.3, 0.4) is 0 Å². The largest absolute Gasteiger partial charge is 0.489 e. The van der Waals surface area contributed by atoms with Gasteiger partial charge in [0.25, 0.3) is 0 Å². The van der Waals surface area contributed by atoms with Gasteiger partial charge >= 0.3 is 11.1 Å². The molecule has 1 aromatic carbocycles. The van der Waals surface area contributed by atoms with Crippen LogP contribution in [0.4, 0.5) is 5.69 Å². The van der Waals surface area contributed by atoms with Crippen molar-refractivity contribution in [3.8, 4) is 5.75 Å². The number of hydrogen-bond acceptors (Lipinski definition) is 6. The Kier molecular flexibility index (Phi) is 4.37. The number of nitrogens with two attached hydrogens (primary N) is 1. The second kappa shape index (κ2) is 6.04. The van der Waals surface area contributed by atoms with E-state index in [1.54, 1.807) is 25.2 Å². The number of nitrogens with one attached hydrogen (secondary N) is 1. The van der Waals surface area contributed by atoms with Crippen LogP contribution in [0.25, 0.3) is 0 Å². The zero-order valence-corrected chi connectivity index (χ0v) is 12.7. The first kappa shape index (κ1) is 15.2. The molecule has 0 spiro atoms. The van der Waals surface area contributed by atoms with Gasteiger partial charge in [-0.25, -0.2) is 0 Å². The Hall–Kier alpha value is -2.22. The molecular weight excluding hydrogens is 292 g/mol. The molecule has 0 aliphatic heterocycles. The van der Waals surface area contributed by atoms with Gasteiger partial charge in [0.1, 0.15) is 5.75 Å². The van der Waals surface area contributed by atoms with Crippen molar-refractivity contribution in [2.24, 2.45) is 7.05 Å². The lowest BCUT2D eigenvalue weighted by Gasteiger charge is -2.13. The first-order valence-electron chi connectivity index (χ1n) is 6.28. The van der Waals surface area contributed by atoms with Crippen molar-refractivity contribution < 1.29 is 4.74 Å².